The summed E-state index contributed by atoms with van der Waals surface area (Å²) >= 11 is 0. The number of aromatic nitrogens is 2. The predicted molar refractivity (Wildman–Crippen MR) is 83.9 cm³/mol. The second-order valence-electron chi connectivity index (χ2n) is 5.13. The van der Waals surface area contributed by atoms with E-state index in [-0.39, 0.29) is 30.2 Å². The van der Waals surface area contributed by atoms with E-state index in [1.54, 1.807) is 35.4 Å². The first-order valence-electron chi connectivity index (χ1n) is 7.02. The lowest BCUT2D eigenvalue weighted by Crippen LogP contribution is -2.40. The minimum Gasteiger partial charge on any atom is -0.333 e. The van der Waals surface area contributed by atoms with E-state index in [0.717, 1.165) is 12.8 Å². The van der Waals surface area contributed by atoms with Crippen molar-refractivity contribution in [2.45, 2.75) is 18.9 Å². The summed E-state index contributed by atoms with van der Waals surface area (Å²) in [6.07, 6.45) is 3.48. The smallest absolute Gasteiger partial charge is 0.274 e. The molecule has 22 heavy (non-hydrogen) atoms. The molecule has 1 aromatic carbocycles. The fourth-order valence-corrected chi connectivity index (χ4v) is 2.70. The summed E-state index contributed by atoms with van der Waals surface area (Å²) in [6.45, 7) is 1.16. The number of likely N-dealkylation sites (tertiary alicyclic amines) is 1. The summed E-state index contributed by atoms with van der Waals surface area (Å²) in [5.41, 5.74) is 6.33. The molecule has 1 aliphatic rings. The van der Waals surface area contributed by atoms with Gasteiger partial charge in [-0.3, -0.25) is 4.79 Å². The van der Waals surface area contributed by atoms with Crippen LogP contribution >= 0.6 is 12.4 Å². The van der Waals surface area contributed by atoms with Crippen molar-refractivity contribution < 1.29 is 9.18 Å². The van der Waals surface area contributed by atoms with E-state index in [9.17, 15) is 9.18 Å². The van der Waals surface area contributed by atoms with Crippen LogP contribution < -0.4 is 5.73 Å². The molecule has 2 heterocycles. The molecule has 2 N–H and O–H groups in total. The molecule has 0 aliphatic carbocycles. The maximum absolute atomic E-state index is 13.7. The molecule has 1 unspecified atom stereocenters. The number of carbonyl (C=O) groups excluding carboxylic acids is 1. The highest BCUT2D eigenvalue weighted by molar-refractivity contribution is 5.92. The topological polar surface area (TPSA) is 64.2 Å². The number of nitrogens with two attached hydrogens (primary N) is 1. The van der Waals surface area contributed by atoms with Crippen molar-refractivity contribution in [3.8, 4) is 5.69 Å². The van der Waals surface area contributed by atoms with Gasteiger partial charge < -0.3 is 10.6 Å². The highest BCUT2D eigenvalue weighted by Crippen LogP contribution is 2.19. The lowest BCUT2D eigenvalue weighted by Gasteiger charge is -2.22. The monoisotopic (exact) mass is 324 g/mol. The molecule has 3 rings (SSSR count). The van der Waals surface area contributed by atoms with Gasteiger partial charge in [0.2, 0.25) is 0 Å². The molecule has 1 amide bonds. The van der Waals surface area contributed by atoms with Gasteiger partial charge in [0, 0.05) is 25.3 Å². The number of para-hydroxylation sites is 1. The number of halogens is 2. The molecule has 1 aliphatic heterocycles. The highest BCUT2D eigenvalue weighted by Gasteiger charge is 2.29. The zero-order valence-corrected chi connectivity index (χ0v) is 12.8. The molecule has 118 valence electrons. The second kappa shape index (κ2) is 6.89. The van der Waals surface area contributed by atoms with Crippen molar-refractivity contribution in [2.75, 3.05) is 13.1 Å². The number of amides is 1. The molecule has 1 saturated heterocycles. The molecular formula is C15H18ClFN4O. The first-order valence-corrected chi connectivity index (χ1v) is 7.02. The van der Waals surface area contributed by atoms with Crippen molar-refractivity contribution >= 4 is 18.3 Å². The van der Waals surface area contributed by atoms with Crippen molar-refractivity contribution in [1.29, 1.82) is 0 Å². The lowest BCUT2D eigenvalue weighted by molar-refractivity contribution is 0.0734. The van der Waals surface area contributed by atoms with E-state index in [1.165, 1.54) is 10.7 Å². The number of rotatable bonds is 3. The van der Waals surface area contributed by atoms with Crippen LogP contribution in [0.4, 0.5) is 4.39 Å². The van der Waals surface area contributed by atoms with Gasteiger partial charge >= 0.3 is 0 Å². The van der Waals surface area contributed by atoms with Crippen molar-refractivity contribution in [3.05, 3.63) is 48.0 Å². The van der Waals surface area contributed by atoms with Crippen molar-refractivity contribution in [3.63, 3.8) is 0 Å². The van der Waals surface area contributed by atoms with E-state index < -0.39 is 0 Å². The third-order valence-corrected chi connectivity index (χ3v) is 3.82. The maximum Gasteiger partial charge on any atom is 0.274 e. The van der Waals surface area contributed by atoms with Crippen LogP contribution in [0.1, 0.15) is 23.3 Å². The average molecular weight is 325 g/mol. The Balaban J connectivity index is 0.00000176. The van der Waals surface area contributed by atoms with E-state index >= 15 is 0 Å². The zero-order valence-electron chi connectivity index (χ0n) is 12.0. The van der Waals surface area contributed by atoms with Crippen molar-refractivity contribution in [2.24, 2.45) is 5.73 Å². The molecule has 0 radical (unpaired) electrons. The number of hydrogen-bond acceptors (Lipinski definition) is 3. The number of carbonyl (C=O) groups is 1. The standard InChI is InChI=1S/C15H17FN4O.ClH/c16-12-5-1-2-6-14(12)20-9-7-13(18-20)15(21)19-8-3-4-11(19)10-17;/h1-2,5-7,9,11H,3-4,8,10,17H2;1H. The molecule has 0 saturated carbocycles. The van der Waals surface area contributed by atoms with Gasteiger partial charge in [0.05, 0.1) is 0 Å². The Labute approximate surface area is 134 Å². The molecular weight excluding hydrogens is 307 g/mol. The van der Waals surface area contributed by atoms with Gasteiger partial charge in [0.25, 0.3) is 5.91 Å². The van der Waals surface area contributed by atoms with Crippen LogP contribution in [-0.2, 0) is 0 Å². The van der Waals surface area contributed by atoms with Gasteiger partial charge in [0.1, 0.15) is 11.5 Å². The number of nitrogens with zero attached hydrogens (tertiary/aromatic N) is 3. The van der Waals surface area contributed by atoms with E-state index in [0.29, 0.717) is 24.5 Å². The SMILES string of the molecule is Cl.NCC1CCCN1C(=O)c1ccn(-c2ccccc2F)n1. The van der Waals surface area contributed by atoms with Crippen LogP contribution in [0.2, 0.25) is 0 Å². The van der Waals surface area contributed by atoms with Gasteiger partial charge in [-0.15, -0.1) is 12.4 Å². The highest BCUT2D eigenvalue weighted by atomic mass is 35.5. The first kappa shape index (κ1) is 16.5. The van der Waals surface area contributed by atoms with Crippen LogP contribution in [0.25, 0.3) is 5.69 Å². The Morgan fingerprint density at radius 3 is 2.86 bits per heavy atom. The van der Waals surface area contributed by atoms with Crippen LogP contribution in [0.3, 0.4) is 0 Å². The quantitative estimate of drug-likeness (QED) is 0.939. The van der Waals surface area contributed by atoms with E-state index in [1.807, 2.05) is 0 Å². The van der Waals surface area contributed by atoms with Crippen LogP contribution in [-0.4, -0.2) is 39.7 Å². The lowest BCUT2D eigenvalue weighted by atomic mass is 10.2. The molecule has 1 fully saturated rings. The Kier molecular flexibility index (Phi) is 5.15. The minimum atomic E-state index is -0.374. The van der Waals surface area contributed by atoms with Crippen molar-refractivity contribution in [1.82, 2.24) is 14.7 Å². The molecule has 2 aromatic rings. The summed E-state index contributed by atoms with van der Waals surface area (Å²) < 4.78 is 15.1. The van der Waals surface area contributed by atoms with Gasteiger partial charge in [0.15, 0.2) is 5.69 Å². The Morgan fingerprint density at radius 2 is 2.14 bits per heavy atom. The van der Waals surface area contributed by atoms with Gasteiger partial charge in [-0.05, 0) is 31.0 Å². The molecule has 1 aromatic heterocycles. The Hall–Kier alpha value is -1.92. The molecule has 0 bridgehead atoms. The third kappa shape index (κ3) is 2.98. The van der Waals surface area contributed by atoms with E-state index in [4.69, 9.17) is 5.73 Å². The minimum absolute atomic E-state index is 0. The largest absolute Gasteiger partial charge is 0.333 e. The predicted octanol–water partition coefficient (Wildman–Crippen LogP) is 2.00. The van der Waals surface area contributed by atoms with Crippen LogP contribution in [0, 0.1) is 5.82 Å². The molecule has 1 atom stereocenters. The summed E-state index contributed by atoms with van der Waals surface area (Å²) in [5, 5.41) is 4.20. The fraction of sp³-hybridized carbons (Fsp3) is 0.333. The first-order chi connectivity index (χ1) is 10.2. The fourth-order valence-electron chi connectivity index (χ4n) is 2.70. The molecule has 0 spiro atoms. The average Bonchev–Trinajstić information content (AvgIpc) is 3.16. The molecule has 5 nitrogen and oxygen atoms in total. The maximum atomic E-state index is 13.7. The Morgan fingerprint density at radius 1 is 1.36 bits per heavy atom. The Bertz CT molecular complexity index is 660. The van der Waals surface area contributed by atoms with E-state index in [2.05, 4.69) is 5.10 Å². The van der Waals surface area contributed by atoms with Gasteiger partial charge in [-0.1, -0.05) is 12.1 Å². The summed E-state index contributed by atoms with van der Waals surface area (Å²) in [5.74, 6) is -0.515. The summed E-state index contributed by atoms with van der Waals surface area (Å²) in [6, 6.07) is 8.02. The summed E-state index contributed by atoms with van der Waals surface area (Å²) in [4.78, 5) is 14.2. The normalized spacial score (nSPS) is 17.4. The molecule has 7 heteroatoms. The van der Waals surface area contributed by atoms with Crippen LogP contribution in [0.5, 0.6) is 0 Å². The van der Waals surface area contributed by atoms with Crippen LogP contribution in [0.15, 0.2) is 36.5 Å². The third-order valence-electron chi connectivity index (χ3n) is 3.82. The number of hydrogen-bond donors (Lipinski definition) is 1. The van der Waals surface area contributed by atoms with Gasteiger partial charge in [-0.2, -0.15) is 5.10 Å². The number of benzene rings is 1. The second-order valence-corrected chi connectivity index (χ2v) is 5.13. The zero-order chi connectivity index (χ0) is 14.8. The summed E-state index contributed by atoms with van der Waals surface area (Å²) in [7, 11) is 0. The van der Waals surface area contributed by atoms with Gasteiger partial charge in [-0.25, -0.2) is 9.07 Å².